The first-order valence-electron chi connectivity index (χ1n) is 8.21. The quantitative estimate of drug-likeness (QED) is 0.329. The number of ether oxygens (including phenoxy) is 1. The van der Waals surface area contributed by atoms with E-state index >= 15 is 0 Å². The van der Waals surface area contributed by atoms with Crippen LogP contribution < -0.4 is 10.6 Å². The zero-order valence-electron chi connectivity index (χ0n) is 14.5. The zero-order chi connectivity index (χ0) is 20.5. The van der Waals surface area contributed by atoms with Crippen molar-refractivity contribution in [1.82, 2.24) is 4.98 Å². The van der Waals surface area contributed by atoms with E-state index in [-0.39, 0.29) is 48.0 Å². The first-order chi connectivity index (χ1) is 13.2. The summed E-state index contributed by atoms with van der Waals surface area (Å²) in [5.41, 5.74) is 5.42. The molecular formula is C18H16ClF3N4O2. The Labute approximate surface area is 163 Å². The van der Waals surface area contributed by atoms with Gasteiger partial charge in [-0.1, -0.05) is 29.8 Å². The third-order valence-electron chi connectivity index (χ3n) is 4.08. The van der Waals surface area contributed by atoms with Gasteiger partial charge in [-0.15, -0.1) is 0 Å². The van der Waals surface area contributed by atoms with Crippen molar-refractivity contribution in [2.75, 3.05) is 18.0 Å². The number of rotatable bonds is 6. The summed E-state index contributed by atoms with van der Waals surface area (Å²) in [4.78, 5) is 16.7. The number of carbonyl (C=O) groups is 1. The lowest BCUT2D eigenvalue weighted by Gasteiger charge is -2.41. The second-order valence-corrected chi connectivity index (χ2v) is 7.06. The van der Waals surface area contributed by atoms with E-state index < -0.39 is 29.2 Å². The van der Waals surface area contributed by atoms with Gasteiger partial charge in [0.05, 0.1) is 13.1 Å². The Morgan fingerprint density at radius 1 is 1.39 bits per heavy atom. The highest BCUT2D eigenvalue weighted by Gasteiger charge is 2.43. The topological polar surface area (TPSA) is 92.3 Å². The van der Waals surface area contributed by atoms with E-state index in [0.29, 0.717) is 0 Å². The van der Waals surface area contributed by atoms with Crippen molar-refractivity contribution in [1.29, 1.82) is 5.41 Å². The van der Waals surface area contributed by atoms with Gasteiger partial charge in [0, 0.05) is 22.9 Å². The highest BCUT2D eigenvalue weighted by molar-refractivity contribution is 6.24. The molecule has 0 saturated carbocycles. The van der Waals surface area contributed by atoms with Gasteiger partial charge < -0.3 is 15.4 Å². The monoisotopic (exact) mass is 412 g/mol. The summed E-state index contributed by atoms with van der Waals surface area (Å²) < 4.78 is 47.4. The summed E-state index contributed by atoms with van der Waals surface area (Å²) in [6, 6.07) is 5.47. The van der Waals surface area contributed by atoms with E-state index in [0.717, 1.165) is 6.07 Å². The average molecular weight is 413 g/mol. The van der Waals surface area contributed by atoms with Gasteiger partial charge in [0.15, 0.2) is 11.6 Å². The van der Waals surface area contributed by atoms with Crippen molar-refractivity contribution in [3.8, 4) is 11.1 Å². The van der Waals surface area contributed by atoms with Crippen LogP contribution in [0.4, 0.5) is 19.0 Å². The highest BCUT2D eigenvalue weighted by atomic mass is 35.5. The molecule has 3 N–H and O–H groups in total. The summed E-state index contributed by atoms with van der Waals surface area (Å²) in [5, 5.41) is 5.14. The molecule has 10 heteroatoms. The lowest BCUT2D eigenvalue weighted by atomic mass is 10.0. The lowest BCUT2D eigenvalue weighted by Crippen LogP contribution is -2.56. The molecule has 1 fully saturated rings. The number of pyridine rings is 1. The summed E-state index contributed by atoms with van der Waals surface area (Å²) in [5.74, 6) is -2.61. The van der Waals surface area contributed by atoms with Crippen molar-refractivity contribution >= 4 is 29.2 Å². The van der Waals surface area contributed by atoms with Crippen LogP contribution in [0.5, 0.6) is 0 Å². The molecule has 28 heavy (non-hydrogen) atoms. The second-order valence-electron chi connectivity index (χ2n) is 6.38. The number of amidine groups is 1. The number of hydrogen-bond donors (Lipinski definition) is 2. The molecule has 0 spiro atoms. The molecule has 0 aliphatic carbocycles. The Morgan fingerprint density at radius 3 is 2.71 bits per heavy atom. The molecular weight excluding hydrogens is 397 g/mol. The fourth-order valence-corrected chi connectivity index (χ4v) is 3.04. The maximum absolute atomic E-state index is 14.8. The van der Waals surface area contributed by atoms with E-state index in [1.54, 1.807) is 0 Å². The van der Waals surface area contributed by atoms with E-state index in [1.807, 2.05) is 0 Å². The van der Waals surface area contributed by atoms with E-state index in [9.17, 15) is 18.0 Å². The summed E-state index contributed by atoms with van der Waals surface area (Å²) in [7, 11) is 0. The molecule has 0 unspecified atom stereocenters. The molecule has 1 aliphatic heterocycles. The maximum Gasteiger partial charge on any atom is 0.313 e. The van der Waals surface area contributed by atoms with Crippen LogP contribution in [0.25, 0.3) is 11.1 Å². The minimum absolute atomic E-state index is 0.0626. The number of halogens is 4. The van der Waals surface area contributed by atoms with Crippen LogP contribution in [-0.4, -0.2) is 35.0 Å². The van der Waals surface area contributed by atoms with Gasteiger partial charge in [-0.25, -0.2) is 18.2 Å². The number of hydrogen-bond acceptors (Lipinski definition) is 5. The molecule has 6 nitrogen and oxygen atoms in total. The van der Waals surface area contributed by atoms with Crippen LogP contribution in [-0.2, 0) is 16.1 Å². The smallest absolute Gasteiger partial charge is 0.313 e. The minimum Gasteiger partial charge on any atom is -0.460 e. The van der Waals surface area contributed by atoms with Crippen LogP contribution in [0.3, 0.4) is 0 Å². The van der Waals surface area contributed by atoms with Crippen LogP contribution >= 0.6 is 11.6 Å². The van der Waals surface area contributed by atoms with E-state index in [4.69, 9.17) is 27.5 Å². The molecule has 0 atom stereocenters. The number of aromatic nitrogens is 1. The Bertz CT molecular complexity index is 931. The van der Waals surface area contributed by atoms with Crippen LogP contribution in [0.15, 0.2) is 30.5 Å². The highest BCUT2D eigenvalue weighted by Crippen LogP contribution is 2.35. The first-order valence-corrected chi connectivity index (χ1v) is 8.59. The van der Waals surface area contributed by atoms with Crippen molar-refractivity contribution < 1.29 is 22.7 Å². The fourth-order valence-electron chi connectivity index (χ4n) is 2.75. The Hall–Kier alpha value is -2.81. The minimum atomic E-state index is -1.90. The van der Waals surface area contributed by atoms with Gasteiger partial charge in [0.2, 0.25) is 5.13 Å². The van der Waals surface area contributed by atoms with E-state index in [1.165, 1.54) is 29.3 Å². The molecule has 3 rings (SSSR count). The predicted molar refractivity (Wildman–Crippen MR) is 97.8 cm³/mol. The Balaban J connectivity index is 1.77. The Morgan fingerprint density at radius 2 is 2.11 bits per heavy atom. The molecule has 0 radical (unpaired) electrons. The van der Waals surface area contributed by atoms with Gasteiger partial charge in [-0.3, -0.25) is 10.2 Å². The van der Waals surface area contributed by atoms with Crippen molar-refractivity contribution in [3.63, 3.8) is 0 Å². The average Bonchev–Trinajstić information content (AvgIpc) is 2.58. The molecule has 1 aromatic carbocycles. The standard InChI is InChI=1S/C18H16ClF3N4O2/c19-18(22)8-26(9-18)17-13(20)4-11(6-25-17)12-3-1-2-10(16(12)21)7-28-15(27)5-14(23)24/h1-4,6H,5,7-9H2,(H3,23,24). The van der Waals surface area contributed by atoms with Gasteiger partial charge in [0.1, 0.15) is 24.7 Å². The normalized spacial score (nSPS) is 15.1. The maximum atomic E-state index is 14.8. The predicted octanol–water partition coefficient (Wildman–Crippen LogP) is 3.12. The van der Waals surface area contributed by atoms with Crippen molar-refractivity contribution in [2.45, 2.75) is 18.2 Å². The second kappa shape index (κ2) is 7.67. The molecule has 2 heterocycles. The van der Waals surface area contributed by atoms with Crippen LogP contribution in [0, 0.1) is 17.0 Å². The molecule has 1 aromatic heterocycles. The van der Waals surface area contributed by atoms with Gasteiger partial charge >= 0.3 is 5.97 Å². The Kier molecular flexibility index (Phi) is 5.46. The molecule has 148 valence electrons. The van der Waals surface area contributed by atoms with Crippen LogP contribution in [0.2, 0.25) is 0 Å². The number of anilines is 1. The number of nitrogens with zero attached hydrogens (tertiary/aromatic N) is 2. The van der Waals surface area contributed by atoms with E-state index in [2.05, 4.69) is 4.98 Å². The van der Waals surface area contributed by atoms with Crippen molar-refractivity contribution in [3.05, 3.63) is 47.7 Å². The number of nitrogens with two attached hydrogens (primary N) is 1. The van der Waals surface area contributed by atoms with Gasteiger partial charge in [0.25, 0.3) is 0 Å². The molecule has 2 aromatic rings. The van der Waals surface area contributed by atoms with Gasteiger partial charge in [-0.2, -0.15) is 0 Å². The zero-order valence-corrected chi connectivity index (χ0v) is 15.3. The number of carbonyl (C=O) groups excluding carboxylic acids is 1. The number of nitrogens with one attached hydrogen (secondary N) is 1. The molecule has 1 saturated heterocycles. The lowest BCUT2D eigenvalue weighted by molar-refractivity contribution is -0.143. The number of benzene rings is 1. The number of esters is 1. The van der Waals surface area contributed by atoms with Crippen LogP contribution in [0.1, 0.15) is 12.0 Å². The summed E-state index contributed by atoms with van der Waals surface area (Å²) in [6.07, 6.45) is 0.881. The summed E-state index contributed by atoms with van der Waals surface area (Å²) in [6.45, 7) is -0.734. The fraction of sp³-hybridized carbons (Fsp3) is 0.278. The molecule has 0 amide bonds. The first kappa shape index (κ1) is 19.9. The largest absolute Gasteiger partial charge is 0.460 e. The SMILES string of the molecule is N=C(N)CC(=O)OCc1cccc(-c2cnc(N3CC(F)(Cl)C3)c(F)c2)c1F. The molecule has 1 aliphatic rings. The summed E-state index contributed by atoms with van der Waals surface area (Å²) >= 11 is 5.48. The molecule has 0 bridgehead atoms. The third kappa shape index (κ3) is 4.36. The van der Waals surface area contributed by atoms with Crippen molar-refractivity contribution in [2.24, 2.45) is 5.73 Å². The third-order valence-corrected chi connectivity index (χ3v) is 4.32. The number of alkyl halides is 2. The van der Waals surface area contributed by atoms with Gasteiger partial charge in [-0.05, 0) is 6.07 Å².